The van der Waals surface area contributed by atoms with Gasteiger partial charge in [-0.15, -0.1) is 0 Å². The Morgan fingerprint density at radius 1 is 1.19 bits per heavy atom. The van der Waals surface area contributed by atoms with Gasteiger partial charge in [-0.2, -0.15) is 0 Å². The fraction of sp³-hybridized carbons (Fsp3) is 0.316. The van der Waals surface area contributed by atoms with E-state index in [0.29, 0.717) is 24.6 Å². The van der Waals surface area contributed by atoms with Crippen LogP contribution in [-0.4, -0.2) is 42.2 Å². The lowest BCUT2D eigenvalue weighted by Crippen LogP contribution is -2.37. The molecule has 0 radical (unpaired) electrons. The van der Waals surface area contributed by atoms with Crippen LogP contribution in [0.2, 0.25) is 0 Å². The first-order valence-electron chi connectivity index (χ1n) is 8.63. The second kappa shape index (κ2) is 7.13. The Morgan fingerprint density at radius 3 is 2.81 bits per heavy atom. The Morgan fingerprint density at radius 2 is 2.00 bits per heavy atom. The van der Waals surface area contributed by atoms with Crippen molar-refractivity contribution >= 4 is 22.7 Å². The number of nitrogens with zero attached hydrogens (tertiary/aromatic N) is 3. The van der Waals surface area contributed by atoms with E-state index in [0.717, 1.165) is 30.0 Å². The molecule has 0 aliphatic carbocycles. The van der Waals surface area contributed by atoms with Gasteiger partial charge in [0.1, 0.15) is 17.2 Å². The summed E-state index contributed by atoms with van der Waals surface area (Å²) >= 11 is 0. The van der Waals surface area contributed by atoms with Crippen LogP contribution in [0.3, 0.4) is 0 Å². The van der Waals surface area contributed by atoms with Crippen molar-refractivity contribution in [2.45, 2.75) is 13.5 Å². The van der Waals surface area contributed by atoms with Crippen LogP contribution >= 0.6 is 0 Å². The summed E-state index contributed by atoms with van der Waals surface area (Å²) in [5.74, 6) is 1.45. The predicted molar refractivity (Wildman–Crippen MR) is 97.2 cm³/mol. The molecule has 0 saturated carbocycles. The Labute approximate surface area is 151 Å². The number of ether oxygens (including phenoxy) is 1. The molecule has 0 bridgehead atoms. The molecule has 1 N–H and O–H groups in total. The quantitative estimate of drug-likeness (QED) is 0.776. The second-order valence-corrected chi connectivity index (χ2v) is 6.21. The molecule has 1 fully saturated rings. The van der Waals surface area contributed by atoms with Gasteiger partial charge in [-0.1, -0.05) is 18.2 Å². The Kier molecular flexibility index (Phi) is 4.53. The highest BCUT2D eigenvalue weighted by molar-refractivity contribution is 5.95. The van der Waals surface area contributed by atoms with Crippen LogP contribution in [0.4, 0.5) is 5.82 Å². The van der Waals surface area contributed by atoms with Crippen molar-refractivity contribution in [2.75, 3.05) is 31.2 Å². The summed E-state index contributed by atoms with van der Waals surface area (Å²) in [6.07, 6.45) is 0. The minimum Gasteiger partial charge on any atom is -0.451 e. The number of carbonyl (C=O) groups excluding carboxylic acids is 1. The van der Waals surface area contributed by atoms with E-state index in [4.69, 9.17) is 9.15 Å². The Balaban J connectivity index is 1.46. The largest absolute Gasteiger partial charge is 0.451 e. The maximum absolute atomic E-state index is 12.4. The molecule has 2 aromatic heterocycles. The van der Waals surface area contributed by atoms with Gasteiger partial charge >= 0.3 is 0 Å². The number of fused-ring (bicyclic) bond motifs is 1. The van der Waals surface area contributed by atoms with Gasteiger partial charge in [-0.3, -0.25) is 4.79 Å². The van der Waals surface area contributed by atoms with Crippen LogP contribution in [0.15, 0.2) is 40.8 Å². The summed E-state index contributed by atoms with van der Waals surface area (Å²) in [7, 11) is 0. The average molecular weight is 352 g/mol. The molecule has 1 saturated heterocycles. The summed E-state index contributed by atoms with van der Waals surface area (Å²) in [6, 6.07) is 11.2. The van der Waals surface area contributed by atoms with Crippen LogP contribution in [-0.2, 0) is 11.3 Å². The fourth-order valence-corrected chi connectivity index (χ4v) is 2.99. The normalized spacial score (nSPS) is 14.6. The van der Waals surface area contributed by atoms with Crippen molar-refractivity contribution in [3.05, 3.63) is 53.7 Å². The molecule has 0 unspecified atom stereocenters. The number of hydrogen-bond acceptors (Lipinski definition) is 6. The highest BCUT2D eigenvalue weighted by Gasteiger charge is 2.16. The third-order valence-corrected chi connectivity index (χ3v) is 4.28. The summed E-state index contributed by atoms with van der Waals surface area (Å²) in [5.41, 5.74) is 1.56. The van der Waals surface area contributed by atoms with Crippen molar-refractivity contribution in [1.29, 1.82) is 0 Å². The third-order valence-electron chi connectivity index (χ3n) is 4.28. The first kappa shape index (κ1) is 16.5. The molecule has 26 heavy (non-hydrogen) atoms. The maximum atomic E-state index is 12.4. The van der Waals surface area contributed by atoms with Gasteiger partial charge in [0.25, 0.3) is 5.91 Å². The highest BCUT2D eigenvalue weighted by Crippen LogP contribution is 2.19. The Hall–Kier alpha value is -2.93. The van der Waals surface area contributed by atoms with E-state index in [1.165, 1.54) is 0 Å². The number of aromatic nitrogens is 2. The van der Waals surface area contributed by atoms with Crippen molar-refractivity contribution in [1.82, 2.24) is 15.3 Å². The number of morpholine rings is 1. The molecule has 1 aliphatic heterocycles. The number of hydrogen-bond donors (Lipinski definition) is 1. The molecule has 7 nitrogen and oxygen atoms in total. The lowest BCUT2D eigenvalue weighted by Gasteiger charge is -2.28. The molecule has 1 aromatic carbocycles. The topological polar surface area (TPSA) is 80.5 Å². The molecular formula is C19H20N4O3. The van der Waals surface area contributed by atoms with Crippen LogP contribution in [0.5, 0.6) is 0 Å². The predicted octanol–water partition coefficient (Wildman–Crippen LogP) is 2.30. The number of aryl methyl sites for hydroxylation is 1. The monoisotopic (exact) mass is 352 g/mol. The number of amides is 1. The van der Waals surface area contributed by atoms with Crippen molar-refractivity contribution in [3.8, 4) is 0 Å². The molecule has 0 spiro atoms. The molecule has 4 rings (SSSR count). The van der Waals surface area contributed by atoms with Crippen molar-refractivity contribution in [3.63, 3.8) is 0 Å². The molecule has 134 valence electrons. The van der Waals surface area contributed by atoms with E-state index in [-0.39, 0.29) is 18.2 Å². The van der Waals surface area contributed by atoms with E-state index < -0.39 is 0 Å². The van der Waals surface area contributed by atoms with Crippen LogP contribution in [0, 0.1) is 6.92 Å². The van der Waals surface area contributed by atoms with Gasteiger partial charge in [0.05, 0.1) is 19.8 Å². The van der Waals surface area contributed by atoms with E-state index in [9.17, 15) is 4.79 Å². The summed E-state index contributed by atoms with van der Waals surface area (Å²) in [4.78, 5) is 23.5. The lowest BCUT2D eigenvalue weighted by molar-refractivity contribution is 0.0924. The first-order chi connectivity index (χ1) is 12.7. The highest BCUT2D eigenvalue weighted by atomic mass is 16.5. The third kappa shape index (κ3) is 3.52. The molecule has 0 atom stereocenters. The SMILES string of the molecule is Cc1cc(N2CCOCC2)nc(CNC(=O)c2cc3ccccc3o2)n1. The number of furan rings is 1. The zero-order chi connectivity index (χ0) is 17.9. The van der Waals surface area contributed by atoms with Gasteiger partial charge in [0.15, 0.2) is 5.76 Å². The van der Waals surface area contributed by atoms with E-state index in [1.807, 2.05) is 37.3 Å². The van der Waals surface area contributed by atoms with E-state index in [1.54, 1.807) is 6.07 Å². The van der Waals surface area contributed by atoms with Crippen LogP contribution in [0.1, 0.15) is 22.1 Å². The lowest BCUT2D eigenvalue weighted by atomic mass is 10.2. The smallest absolute Gasteiger partial charge is 0.287 e. The number of carbonyl (C=O) groups is 1. The van der Waals surface area contributed by atoms with Gasteiger partial charge in [-0.25, -0.2) is 9.97 Å². The molecule has 7 heteroatoms. The number of rotatable bonds is 4. The average Bonchev–Trinajstić information content (AvgIpc) is 3.11. The Bertz CT molecular complexity index is 898. The van der Waals surface area contributed by atoms with Crippen LogP contribution < -0.4 is 10.2 Å². The standard InChI is InChI=1S/C19H20N4O3/c1-13-10-18(23-6-8-25-9-7-23)22-17(21-13)12-20-19(24)16-11-14-4-2-3-5-15(14)26-16/h2-5,10-11H,6-9,12H2,1H3,(H,20,24). The number of para-hydroxylation sites is 1. The molecule has 1 aliphatic rings. The fourth-order valence-electron chi connectivity index (χ4n) is 2.99. The molecule has 3 aromatic rings. The van der Waals surface area contributed by atoms with Gasteiger partial charge in [0.2, 0.25) is 0 Å². The van der Waals surface area contributed by atoms with Crippen LogP contribution in [0.25, 0.3) is 11.0 Å². The number of nitrogens with one attached hydrogen (secondary N) is 1. The summed E-state index contributed by atoms with van der Waals surface area (Å²) in [5, 5.41) is 3.73. The summed E-state index contributed by atoms with van der Waals surface area (Å²) < 4.78 is 11.0. The van der Waals surface area contributed by atoms with Crippen molar-refractivity contribution in [2.24, 2.45) is 0 Å². The zero-order valence-corrected chi connectivity index (χ0v) is 14.6. The molecule has 1 amide bonds. The van der Waals surface area contributed by atoms with Crippen molar-refractivity contribution < 1.29 is 13.9 Å². The molecule has 3 heterocycles. The first-order valence-corrected chi connectivity index (χ1v) is 8.63. The van der Waals surface area contributed by atoms with E-state index >= 15 is 0 Å². The summed E-state index contributed by atoms with van der Waals surface area (Å²) in [6.45, 7) is 5.18. The minimum atomic E-state index is -0.278. The number of anilines is 1. The minimum absolute atomic E-state index is 0.245. The van der Waals surface area contributed by atoms with Gasteiger partial charge < -0.3 is 19.4 Å². The number of benzene rings is 1. The maximum Gasteiger partial charge on any atom is 0.287 e. The second-order valence-electron chi connectivity index (χ2n) is 6.21. The molecular weight excluding hydrogens is 332 g/mol. The van der Waals surface area contributed by atoms with Gasteiger partial charge in [0, 0.05) is 30.2 Å². The zero-order valence-electron chi connectivity index (χ0n) is 14.6. The van der Waals surface area contributed by atoms with Gasteiger partial charge in [-0.05, 0) is 19.1 Å². The van der Waals surface area contributed by atoms with E-state index in [2.05, 4.69) is 20.2 Å².